The lowest BCUT2D eigenvalue weighted by atomic mass is 10.0. The Morgan fingerprint density at radius 2 is 1.73 bits per heavy atom. The van der Waals surface area contributed by atoms with E-state index in [1.807, 2.05) is 30.3 Å². The summed E-state index contributed by atoms with van der Waals surface area (Å²) in [6.07, 6.45) is 0.656. The molecule has 0 aliphatic heterocycles. The first-order valence-corrected chi connectivity index (χ1v) is 14.6. The van der Waals surface area contributed by atoms with E-state index in [0.29, 0.717) is 13.0 Å². The Hall–Kier alpha value is -4.28. The number of aromatic nitrogens is 2. The van der Waals surface area contributed by atoms with E-state index in [9.17, 15) is 18.8 Å². The largest absolute Gasteiger partial charge is 0.494 e. The molecule has 232 valence electrons. The zero-order chi connectivity index (χ0) is 31.8. The number of benzene rings is 3. The second-order valence-corrected chi connectivity index (χ2v) is 10.5. The highest BCUT2D eigenvalue weighted by atomic mass is 35.5. The Kier molecular flexibility index (Phi) is 11.1. The van der Waals surface area contributed by atoms with Crippen molar-refractivity contribution < 1.29 is 23.0 Å². The number of methoxy groups -OCH3 is 1. The molecule has 0 aliphatic carbocycles. The van der Waals surface area contributed by atoms with Crippen molar-refractivity contribution in [2.24, 2.45) is 0 Å². The van der Waals surface area contributed by atoms with Crippen LogP contribution in [-0.2, 0) is 22.6 Å². The monoisotopic (exact) mass is 625 g/mol. The number of nitrogens with one attached hydrogen (secondary N) is 1. The quantitative estimate of drug-likeness (QED) is 0.153. The molecule has 1 N–H and O–H groups in total. The molecule has 0 spiro atoms. The second-order valence-electron chi connectivity index (χ2n) is 10.1. The highest BCUT2D eigenvalue weighted by Gasteiger charge is 2.25. The molecule has 1 atom stereocenters. The minimum Gasteiger partial charge on any atom is -0.494 e. The van der Waals surface area contributed by atoms with Crippen molar-refractivity contribution in [2.45, 2.75) is 45.8 Å². The molecule has 0 amide bonds. The number of carbonyl (C=O) groups is 1. The molecule has 8 nitrogen and oxygen atoms in total. The maximum atomic E-state index is 15.6. The summed E-state index contributed by atoms with van der Waals surface area (Å²) in [5.41, 5.74) is -0.582. The number of esters is 1. The average molecular weight is 626 g/mol. The van der Waals surface area contributed by atoms with Crippen molar-refractivity contribution in [2.75, 3.05) is 20.3 Å². The maximum absolute atomic E-state index is 15.6. The SMILES string of the molecule is CCOC(=O)CCCN[C@@H](Cn1c(=O)c(-c2cccc(OC)c2F)c(C)n(Cc2c(F)cccc2Cl)c1=O)c1ccccc1. The molecule has 0 fully saturated rings. The standard InChI is InChI=1S/C33H34ClF2N3O5/c1-4-44-29(40)17-10-18-37-27(22-11-6-5-7-12-22)20-39-32(41)30(23-13-8-16-28(43-3)31(23)36)21(2)38(33(39)42)19-24-25(34)14-9-15-26(24)35/h5-9,11-16,27,37H,4,10,17-20H2,1-3H3/t27-/m0/s1. The predicted octanol–water partition coefficient (Wildman–Crippen LogP) is 5.65. The Morgan fingerprint density at radius 3 is 2.41 bits per heavy atom. The fraction of sp³-hybridized carbons (Fsp3) is 0.303. The van der Waals surface area contributed by atoms with Gasteiger partial charge in [-0.3, -0.25) is 18.7 Å². The van der Waals surface area contributed by atoms with Crippen LogP contribution >= 0.6 is 11.6 Å². The Labute approximate surface area is 258 Å². The molecule has 4 rings (SSSR count). The number of hydrogen-bond donors (Lipinski definition) is 1. The number of carbonyl (C=O) groups excluding carboxylic acids is 1. The Morgan fingerprint density at radius 1 is 1.00 bits per heavy atom. The topological polar surface area (TPSA) is 91.6 Å². The van der Waals surface area contributed by atoms with Gasteiger partial charge < -0.3 is 14.8 Å². The highest BCUT2D eigenvalue weighted by molar-refractivity contribution is 6.31. The van der Waals surface area contributed by atoms with Crippen LogP contribution in [0.2, 0.25) is 5.02 Å². The Balaban J connectivity index is 1.85. The van der Waals surface area contributed by atoms with Gasteiger partial charge in [0.15, 0.2) is 11.6 Å². The molecular weight excluding hydrogens is 592 g/mol. The van der Waals surface area contributed by atoms with Gasteiger partial charge >= 0.3 is 11.7 Å². The van der Waals surface area contributed by atoms with E-state index in [4.69, 9.17) is 21.1 Å². The van der Waals surface area contributed by atoms with E-state index < -0.39 is 28.9 Å². The molecule has 1 heterocycles. The lowest BCUT2D eigenvalue weighted by Crippen LogP contribution is -2.45. The molecular formula is C33H34ClF2N3O5. The van der Waals surface area contributed by atoms with Crippen LogP contribution in [0.25, 0.3) is 11.1 Å². The van der Waals surface area contributed by atoms with Crippen LogP contribution in [0.15, 0.2) is 76.3 Å². The van der Waals surface area contributed by atoms with E-state index in [1.165, 1.54) is 48.9 Å². The van der Waals surface area contributed by atoms with Crippen molar-refractivity contribution in [3.8, 4) is 16.9 Å². The van der Waals surface area contributed by atoms with E-state index in [2.05, 4.69) is 5.32 Å². The zero-order valence-electron chi connectivity index (χ0n) is 24.7. The average Bonchev–Trinajstić information content (AvgIpc) is 3.01. The number of rotatable bonds is 13. The van der Waals surface area contributed by atoms with Gasteiger partial charge in [0.25, 0.3) is 5.56 Å². The minimum absolute atomic E-state index is 0.0540. The van der Waals surface area contributed by atoms with Crippen molar-refractivity contribution in [3.63, 3.8) is 0 Å². The first kappa shape index (κ1) is 32.6. The molecule has 0 saturated heterocycles. The van der Waals surface area contributed by atoms with Gasteiger partial charge in [-0.05, 0) is 50.6 Å². The van der Waals surface area contributed by atoms with E-state index in [0.717, 1.165) is 10.1 Å². The molecule has 0 saturated carbocycles. The molecule has 3 aromatic carbocycles. The number of halogens is 3. The van der Waals surface area contributed by atoms with Gasteiger partial charge in [0.2, 0.25) is 0 Å². The molecule has 0 aliphatic rings. The summed E-state index contributed by atoms with van der Waals surface area (Å²) >= 11 is 6.31. The molecule has 11 heteroatoms. The smallest absolute Gasteiger partial charge is 0.331 e. The van der Waals surface area contributed by atoms with Gasteiger partial charge in [-0.1, -0.05) is 60.1 Å². The summed E-state index contributed by atoms with van der Waals surface area (Å²) in [5, 5.41) is 3.44. The van der Waals surface area contributed by atoms with Gasteiger partial charge in [0, 0.05) is 28.3 Å². The summed E-state index contributed by atoms with van der Waals surface area (Å²) in [7, 11) is 1.31. The van der Waals surface area contributed by atoms with Gasteiger partial charge in [-0.25, -0.2) is 13.6 Å². The number of ether oxygens (including phenoxy) is 2. The number of nitrogens with zero attached hydrogens (tertiary/aromatic N) is 2. The molecule has 44 heavy (non-hydrogen) atoms. The predicted molar refractivity (Wildman–Crippen MR) is 165 cm³/mol. The third kappa shape index (κ3) is 7.26. The zero-order valence-corrected chi connectivity index (χ0v) is 25.5. The maximum Gasteiger partial charge on any atom is 0.331 e. The van der Waals surface area contributed by atoms with E-state index in [1.54, 1.807) is 13.0 Å². The summed E-state index contributed by atoms with van der Waals surface area (Å²) in [6.45, 7) is 3.49. The lowest BCUT2D eigenvalue weighted by Gasteiger charge is -2.23. The van der Waals surface area contributed by atoms with Gasteiger partial charge in [-0.15, -0.1) is 0 Å². The van der Waals surface area contributed by atoms with Crippen LogP contribution < -0.4 is 21.3 Å². The lowest BCUT2D eigenvalue weighted by molar-refractivity contribution is -0.143. The van der Waals surface area contributed by atoms with Crippen LogP contribution in [0.4, 0.5) is 8.78 Å². The van der Waals surface area contributed by atoms with E-state index in [-0.39, 0.29) is 65.2 Å². The van der Waals surface area contributed by atoms with Gasteiger partial charge in [0.05, 0.1) is 38.4 Å². The molecule has 0 unspecified atom stereocenters. The van der Waals surface area contributed by atoms with Crippen molar-refractivity contribution in [1.82, 2.24) is 14.5 Å². The normalized spacial score (nSPS) is 11.8. The molecule has 0 bridgehead atoms. The first-order valence-electron chi connectivity index (χ1n) is 14.2. The summed E-state index contributed by atoms with van der Waals surface area (Å²) < 4.78 is 42.9. The van der Waals surface area contributed by atoms with Gasteiger partial charge in [-0.2, -0.15) is 0 Å². The van der Waals surface area contributed by atoms with Crippen molar-refractivity contribution >= 4 is 17.6 Å². The third-order valence-electron chi connectivity index (χ3n) is 7.34. The molecule has 4 aromatic rings. The fourth-order valence-electron chi connectivity index (χ4n) is 5.06. The van der Waals surface area contributed by atoms with Crippen LogP contribution in [0, 0.1) is 18.6 Å². The highest BCUT2D eigenvalue weighted by Crippen LogP contribution is 2.29. The molecule has 1 aromatic heterocycles. The van der Waals surface area contributed by atoms with Gasteiger partial charge in [0.1, 0.15) is 5.82 Å². The summed E-state index contributed by atoms with van der Waals surface area (Å²) in [4.78, 5) is 40.0. The van der Waals surface area contributed by atoms with Crippen molar-refractivity contribution in [1.29, 1.82) is 0 Å². The first-order chi connectivity index (χ1) is 21.2. The summed E-state index contributed by atoms with van der Waals surface area (Å²) in [5.74, 6) is -1.79. The van der Waals surface area contributed by atoms with Crippen LogP contribution in [0.5, 0.6) is 5.75 Å². The van der Waals surface area contributed by atoms with E-state index >= 15 is 4.39 Å². The fourth-order valence-corrected chi connectivity index (χ4v) is 5.28. The minimum atomic E-state index is -0.771. The second kappa shape index (κ2) is 14.9. The number of hydrogen-bond acceptors (Lipinski definition) is 6. The molecule has 0 radical (unpaired) electrons. The Bertz CT molecular complexity index is 1720. The summed E-state index contributed by atoms with van der Waals surface area (Å²) in [6, 6.07) is 17.2. The van der Waals surface area contributed by atoms with Crippen LogP contribution in [0.3, 0.4) is 0 Å². The third-order valence-corrected chi connectivity index (χ3v) is 7.69. The van der Waals surface area contributed by atoms with Crippen LogP contribution in [-0.4, -0.2) is 35.4 Å². The van der Waals surface area contributed by atoms with Crippen LogP contribution in [0.1, 0.15) is 42.6 Å². The van der Waals surface area contributed by atoms with Crippen molar-refractivity contribution in [3.05, 3.63) is 121 Å².